The Morgan fingerprint density at radius 1 is 1.33 bits per heavy atom. The minimum absolute atomic E-state index is 0.0601. The van der Waals surface area contributed by atoms with Crippen LogP contribution in [0.25, 0.3) is 0 Å². The number of benzene rings is 1. The molecule has 1 atom stereocenters. The zero-order valence-corrected chi connectivity index (χ0v) is 13.9. The average molecular weight is 325 g/mol. The molecule has 2 heterocycles. The first-order valence-electron chi connectivity index (χ1n) is 8.33. The number of fused-ring (bicyclic) bond motifs is 1. The van der Waals surface area contributed by atoms with Crippen molar-refractivity contribution in [1.82, 2.24) is 15.2 Å². The molecule has 0 spiro atoms. The third kappa shape index (κ3) is 4.55. The van der Waals surface area contributed by atoms with Gasteiger partial charge in [0.25, 0.3) is 0 Å². The van der Waals surface area contributed by atoms with Crippen LogP contribution in [0.3, 0.4) is 0 Å². The predicted molar refractivity (Wildman–Crippen MR) is 92.5 cm³/mol. The minimum atomic E-state index is 0.0601. The molecule has 0 radical (unpaired) electrons. The summed E-state index contributed by atoms with van der Waals surface area (Å²) in [6.07, 6.45) is 4.10. The predicted octanol–water partition coefficient (Wildman–Crippen LogP) is 2.37. The van der Waals surface area contributed by atoms with E-state index in [1.54, 1.807) is 12.4 Å². The topological polar surface area (TPSA) is 54.5 Å². The second-order valence-corrected chi connectivity index (χ2v) is 6.16. The van der Waals surface area contributed by atoms with Gasteiger partial charge in [-0.2, -0.15) is 0 Å². The molecule has 0 fully saturated rings. The SMILES string of the molecule is CC1CN(CCC(=O)NCc2cccnc2)Cc2ccccc2O1. The Balaban J connectivity index is 1.50. The first-order chi connectivity index (χ1) is 11.7. The second kappa shape index (κ2) is 7.93. The van der Waals surface area contributed by atoms with Crippen molar-refractivity contribution in [1.29, 1.82) is 0 Å². The van der Waals surface area contributed by atoms with Crippen molar-refractivity contribution >= 4 is 5.91 Å². The normalized spacial score (nSPS) is 17.5. The first kappa shape index (κ1) is 16.5. The molecule has 0 bridgehead atoms. The number of hydrogen-bond acceptors (Lipinski definition) is 4. The Morgan fingerprint density at radius 3 is 3.04 bits per heavy atom. The van der Waals surface area contributed by atoms with E-state index in [-0.39, 0.29) is 12.0 Å². The number of rotatable bonds is 5. The zero-order valence-electron chi connectivity index (χ0n) is 13.9. The maximum atomic E-state index is 12.1. The Labute approximate surface area is 142 Å². The van der Waals surface area contributed by atoms with Gasteiger partial charge in [0.2, 0.25) is 5.91 Å². The molecule has 0 aliphatic carbocycles. The summed E-state index contributed by atoms with van der Waals surface area (Å²) in [5.74, 6) is 1.01. The fourth-order valence-electron chi connectivity index (χ4n) is 2.89. The van der Waals surface area contributed by atoms with Crippen molar-refractivity contribution < 1.29 is 9.53 Å². The maximum Gasteiger partial charge on any atom is 0.221 e. The number of amides is 1. The number of aromatic nitrogens is 1. The van der Waals surface area contributed by atoms with E-state index in [2.05, 4.69) is 28.2 Å². The summed E-state index contributed by atoms with van der Waals surface area (Å²) in [7, 11) is 0. The molecular formula is C19H23N3O2. The molecule has 3 rings (SSSR count). The summed E-state index contributed by atoms with van der Waals surface area (Å²) < 4.78 is 5.95. The monoisotopic (exact) mass is 325 g/mol. The molecule has 2 aromatic rings. The highest BCUT2D eigenvalue weighted by Crippen LogP contribution is 2.24. The third-order valence-electron chi connectivity index (χ3n) is 4.08. The molecule has 1 aliphatic rings. The van der Waals surface area contributed by atoms with E-state index in [9.17, 15) is 4.79 Å². The highest BCUT2D eigenvalue weighted by molar-refractivity contribution is 5.76. The molecule has 0 saturated heterocycles. The largest absolute Gasteiger partial charge is 0.489 e. The van der Waals surface area contributed by atoms with Crippen molar-refractivity contribution in [3.63, 3.8) is 0 Å². The molecule has 0 saturated carbocycles. The van der Waals surface area contributed by atoms with Gasteiger partial charge in [-0.3, -0.25) is 14.7 Å². The summed E-state index contributed by atoms with van der Waals surface area (Å²) in [5, 5.41) is 2.95. The fourth-order valence-corrected chi connectivity index (χ4v) is 2.89. The van der Waals surface area contributed by atoms with Crippen LogP contribution >= 0.6 is 0 Å². The lowest BCUT2D eigenvalue weighted by Gasteiger charge is -2.21. The number of nitrogens with zero attached hydrogens (tertiary/aromatic N) is 2. The van der Waals surface area contributed by atoms with Gasteiger partial charge in [-0.1, -0.05) is 24.3 Å². The van der Waals surface area contributed by atoms with Crippen LogP contribution in [0.2, 0.25) is 0 Å². The molecule has 5 heteroatoms. The van der Waals surface area contributed by atoms with E-state index in [1.165, 1.54) is 5.56 Å². The number of hydrogen-bond donors (Lipinski definition) is 1. The van der Waals surface area contributed by atoms with Crippen LogP contribution in [-0.4, -0.2) is 35.0 Å². The van der Waals surface area contributed by atoms with Gasteiger partial charge >= 0.3 is 0 Å². The lowest BCUT2D eigenvalue weighted by molar-refractivity contribution is -0.121. The van der Waals surface area contributed by atoms with Crippen molar-refractivity contribution in [3.05, 3.63) is 59.9 Å². The summed E-state index contributed by atoms with van der Waals surface area (Å²) in [6.45, 7) is 4.95. The van der Waals surface area contributed by atoms with E-state index in [1.807, 2.05) is 30.3 Å². The first-order valence-corrected chi connectivity index (χ1v) is 8.33. The zero-order chi connectivity index (χ0) is 16.8. The Kier molecular flexibility index (Phi) is 5.43. The summed E-state index contributed by atoms with van der Waals surface area (Å²) >= 11 is 0. The van der Waals surface area contributed by atoms with Crippen LogP contribution in [0.15, 0.2) is 48.8 Å². The van der Waals surface area contributed by atoms with Gasteiger partial charge in [0.05, 0.1) is 0 Å². The van der Waals surface area contributed by atoms with E-state index in [0.29, 0.717) is 13.0 Å². The smallest absolute Gasteiger partial charge is 0.221 e. The number of para-hydroxylation sites is 1. The standard InChI is InChI=1S/C19H23N3O2/c1-15-13-22(14-17-6-2-3-7-18(17)24-15)10-8-19(23)21-12-16-5-4-9-20-11-16/h2-7,9,11,15H,8,10,12-14H2,1H3,(H,21,23). The quantitative estimate of drug-likeness (QED) is 0.917. The Hall–Kier alpha value is -2.40. The molecule has 24 heavy (non-hydrogen) atoms. The molecule has 126 valence electrons. The number of nitrogens with one attached hydrogen (secondary N) is 1. The van der Waals surface area contributed by atoms with E-state index >= 15 is 0 Å². The molecule has 1 N–H and O–H groups in total. The molecule has 1 aromatic carbocycles. The summed E-state index contributed by atoms with van der Waals surface area (Å²) in [4.78, 5) is 18.4. The molecule has 1 aliphatic heterocycles. The van der Waals surface area contributed by atoms with Crippen LogP contribution < -0.4 is 10.1 Å². The minimum Gasteiger partial charge on any atom is -0.489 e. The molecule has 1 unspecified atom stereocenters. The fraction of sp³-hybridized carbons (Fsp3) is 0.368. The molecule has 1 aromatic heterocycles. The Bertz CT molecular complexity index is 675. The van der Waals surface area contributed by atoms with Crippen LogP contribution in [0.5, 0.6) is 5.75 Å². The van der Waals surface area contributed by atoms with Crippen LogP contribution in [-0.2, 0) is 17.9 Å². The van der Waals surface area contributed by atoms with Gasteiger partial charge in [-0.05, 0) is 24.6 Å². The van der Waals surface area contributed by atoms with Crippen molar-refractivity contribution in [2.24, 2.45) is 0 Å². The van der Waals surface area contributed by atoms with Crippen molar-refractivity contribution in [2.75, 3.05) is 13.1 Å². The maximum absolute atomic E-state index is 12.1. The number of pyridine rings is 1. The van der Waals surface area contributed by atoms with Gasteiger partial charge < -0.3 is 10.1 Å². The molecule has 5 nitrogen and oxygen atoms in total. The average Bonchev–Trinajstić information content (AvgIpc) is 2.76. The van der Waals surface area contributed by atoms with Crippen LogP contribution in [0.4, 0.5) is 0 Å². The second-order valence-electron chi connectivity index (χ2n) is 6.16. The lowest BCUT2D eigenvalue weighted by Crippen LogP contribution is -2.34. The van der Waals surface area contributed by atoms with Crippen LogP contribution in [0, 0.1) is 0 Å². The lowest BCUT2D eigenvalue weighted by atomic mass is 10.2. The third-order valence-corrected chi connectivity index (χ3v) is 4.08. The highest BCUT2D eigenvalue weighted by Gasteiger charge is 2.20. The molecular weight excluding hydrogens is 302 g/mol. The molecule has 1 amide bonds. The Morgan fingerprint density at radius 2 is 2.21 bits per heavy atom. The van der Waals surface area contributed by atoms with Crippen molar-refractivity contribution in [2.45, 2.75) is 32.5 Å². The van der Waals surface area contributed by atoms with E-state index < -0.39 is 0 Å². The van der Waals surface area contributed by atoms with E-state index in [0.717, 1.165) is 30.9 Å². The number of carbonyl (C=O) groups is 1. The van der Waals surface area contributed by atoms with Gasteiger partial charge in [0.15, 0.2) is 0 Å². The number of ether oxygens (including phenoxy) is 1. The summed E-state index contributed by atoms with van der Waals surface area (Å²) in [6, 6.07) is 11.9. The van der Waals surface area contributed by atoms with E-state index in [4.69, 9.17) is 4.74 Å². The van der Waals surface area contributed by atoms with Gasteiger partial charge in [-0.15, -0.1) is 0 Å². The van der Waals surface area contributed by atoms with Gasteiger partial charge in [0.1, 0.15) is 11.9 Å². The highest BCUT2D eigenvalue weighted by atomic mass is 16.5. The summed E-state index contributed by atoms with van der Waals surface area (Å²) in [5.41, 5.74) is 2.19. The number of carbonyl (C=O) groups excluding carboxylic acids is 1. The van der Waals surface area contributed by atoms with Gasteiger partial charge in [0, 0.05) is 50.6 Å². The van der Waals surface area contributed by atoms with Crippen LogP contribution in [0.1, 0.15) is 24.5 Å². The van der Waals surface area contributed by atoms with Gasteiger partial charge in [-0.25, -0.2) is 0 Å². The van der Waals surface area contributed by atoms with Crippen molar-refractivity contribution in [3.8, 4) is 5.75 Å².